The summed E-state index contributed by atoms with van der Waals surface area (Å²) in [6, 6.07) is 15.6. The maximum absolute atomic E-state index is 12.2. The van der Waals surface area contributed by atoms with Crippen molar-refractivity contribution >= 4 is 22.9 Å². The Labute approximate surface area is 151 Å². The van der Waals surface area contributed by atoms with Gasteiger partial charge in [0.2, 0.25) is 5.91 Å². The van der Waals surface area contributed by atoms with Crippen LogP contribution in [-0.2, 0) is 11.2 Å². The van der Waals surface area contributed by atoms with Gasteiger partial charge in [0.15, 0.2) is 0 Å². The van der Waals surface area contributed by atoms with Gasteiger partial charge < -0.3 is 10.1 Å². The molecule has 0 aliphatic heterocycles. The number of anilines is 1. The first-order valence-electron chi connectivity index (χ1n) is 8.10. The van der Waals surface area contributed by atoms with Crippen molar-refractivity contribution in [2.45, 2.75) is 19.8 Å². The fourth-order valence-corrected chi connectivity index (χ4v) is 3.50. The highest BCUT2D eigenvalue weighted by Gasteiger charge is 2.10. The molecule has 0 saturated carbocycles. The lowest BCUT2D eigenvalue weighted by atomic mass is 10.1. The van der Waals surface area contributed by atoms with Crippen LogP contribution in [0, 0.1) is 6.92 Å². The van der Waals surface area contributed by atoms with Crippen LogP contribution in [0.4, 0.5) is 5.69 Å². The van der Waals surface area contributed by atoms with Gasteiger partial charge in [0.1, 0.15) is 10.8 Å². The number of aromatic nitrogens is 1. The molecule has 3 aromatic rings. The quantitative estimate of drug-likeness (QED) is 0.700. The zero-order valence-electron chi connectivity index (χ0n) is 14.3. The molecule has 1 N–H and O–H groups in total. The Kier molecular flexibility index (Phi) is 5.46. The highest BCUT2D eigenvalue weighted by molar-refractivity contribution is 7.13. The average molecular weight is 352 g/mol. The van der Waals surface area contributed by atoms with E-state index in [2.05, 4.69) is 29.4 Å². The van der Waals surface area contributed by atoms with Crippen LogP contribution in [0.15, 0.2) is 53.9 Å². The number of ether oxygens (including phenoxy) is 1. The Bertz CT molecular complexity index is 873. The van der Waals surface area contributed by atoms with Gasteiger partial charge in [-0.25, -0.2) is 4.98 Å². The lowest BCUT2D eigenvalue weighted by molar-refractivity contribution is -0.116. The molecule has 0 atom stereocenters. The predicted octanol–water partition coefficient (Wildman–Crippen LogP) is 4.70. The van der Waals surface area contributed by atoms with Gasteiger partial charge in [0.05, 0.1) is 18.5 Å². The summed E-state index contributed by atoms with van der Waals surface area (Å²) in [7, 11) is 1.59. The molecule has 1 heterocycles. The van der Waals surface area contributed by atoms with Crippen molar-refractivity contribution < 1.29 is 9.53 Å². The molecule has 0 unspecified atom stereocenters. The van der Waals surface area contributed by atoms with E-state index in [0.717, 1.165) is 16.3 Å². The highest BCUT2D eigenvalue weighted by Crippen LogP contribution is 2.27. The van der Waals surface area contributed by atoms with E-state index in [1.54, 1.807) is 18.4 Å². The topological polar surface area (TPSA) is 51.2 Å². The van der Waals surface area contributed by atoms with Crippen LogP contribution >= 0.6 is 11.3 Å². The number of amides is 1. The van der Waals surface area contributed by atoms with Crippen LogP contribution in [0.2, 0.25) is 0 Å². The molecule has 0 fully saturated rings. The molecule has 0 aliphatic rings. The zero-order valence-corrected chi connectivity index (χ0v) is 15.1. The first kappa shape index (κ1) is 17.2. The summed E-state index contributed by atoms with van der Waals surface area (Å²) in [5.74, 6) is 0.612. The lowest BCUT2D eigenvalue weighted by Gasteiger charge is -2.09. The smallest absolute Gasteiger partial charge is 0.224 e. The number of thiazole rings is 1. The van der Waals surface area contributed by atoms with E-state index < -0.39 is 0 Å². The second-order valence-electron chi connectivity index (χ2n) is 5.71. The van der Waals surface area contributed by atoms with Gasteiger partial charge in [-0.2, -0.15) is 0 Å². The number of hydrogen-bond donors (Lipinski definition) is 1. The second kappa shape index (κ2) is 7.94. The molecule has 1 aromatic heterocycles. The first-order chi connectivity index (χ1) is 12.2. The minimum absolute atomic E-state index is 0.0464. The van der Waals surface area contributed by atoms with Crippen LogP contribution in [0.25, 0.3) is 10.6 Å². The Morgan fingerprint density at radius 3 is 2.72 bits per heavy atom. The van der Waals surface area contributed by atoms with Crippen molar-refractivity contribution in [2.75, 3.05) is 12.4 Å². The number of hydrogen-bond acceptors (Lipinski definition) is 4. The molecule has 0 aliphatic carbocycles. The monoisotopic (exact) mass is 352 g/mol. The van der Waals surface area contributed by atoms with Crippen LogP contribution in [0.5, 0.6) is 5.75 Å². The molecule has 0 bridgehead atoms. The molecule has 2 aromatic carbocycles. The third-order valence-electron chi connectivity index (χ3n) is 3.92. The van der Waals surface area contributed by atoms with E-state index in [4.69, 9.17) is 4.74 Å². The number of para-hydroxylation sites is 2. The van der Waals surface area contributed by atoms with Gasteiger partial charge in [0.25, 0.3) is 0 Å². The number of carbonyl (C=O) groups is 1. The number of rotatable bonds is 6. The van der Waals surface area contributed by atoms with Gasteiger partial charge in [-0.15, -0.1) is 11.3 Å². The van der Waals surface area contributed by atoms with E-state index in [-0.39, 0.29) is 5.91 Å². The molecule has 4 nitrogen and oxygen atoms in total. The molecule has 3 rings (SSSR count). The van der Waals surface area contributed by atoms with Crippen molar-refractivity contribution in [3.63, 3.8) is 0 Å². The van der Waals surface area contributed by atoms with E-state index in [1.165, 1.54) is 5.56 Å². The number of carbonyl (C=O) groups excluding carboxylic acids is 1. The van der Waals surface area contributed by atoms with Crippen LogP contribution in [-0.4, -0.2) is 18.0 Å². The fourth-order valence-electron chi connectivity index (χ4n) is 2.56. The van der Waals surface area contributed by atoms with Crippen LogP contribution in [0.1, 0.15) is 17.7 Å². The van der Waals surface area contributed by atoms with Gasteiger partial charge >= 0.3 is 0 Å². The van der Waals surface area contributed by atoms with Gasteiger partial charge in [-0.1, -0.05) is 36.4 Å². The second-order valence-corrected chi connectivity index (χ2v) is 6.57. The normalized spacial score (nSPS) is 10.5. The number of benzene rings is 2. The summed E-state index contributed by atoms with van der Waals surface area (Å²) in [6.45, 7) is 2.08. The molecule has 0 saturated heterocycles. The van der Waals surface area contributed by atoms with Crippen molar-refractivity contribution in [3.05, 3.63) is 65.2 Å². The molecule has 1 amide bonds. The number of nitrogens with one attached hydrogen (secondary N) is 1. The number of aryl methyl sites for hydroxylation is 2. The molecule has 0 radical (unpaired) electrons. The maximum atomic E-state index is 12.2. The summed E-state index contributed by atoms with van der Waals surface area (Å²) in [5, 5.41) is 5.92. The van der Waals surface area contributed by atoms with Crippen LogP contribution < -0.4 is 10.1 Å². The maximum Gasteiger partial charge on any atom is 0.224 e. The van der Waals surface area contributed by atoms with Gasteiger partial charge in [-0.05, 0) is 31.0 Å². The average Bonchev–Trinajstić information content (AvgIpc) is 3.09. The number of methoxy groups -OCH3 is 1. The van der Waals surface area contributed by atoms with Gasteiger partial charge in [0, 0.05) is 17.4 Å². The van der Waals surface area contributed by atoms with Crippen molar-refractivity contribution in [1.82, 2.24) is 4.98 Å². The Morgan fingerprint density at radius 1 is 1.16 bits per heavy atom. The predicted molar refractivity (Wildman–Crippen MR) is 102 cm³/mol. The van der Waals surface area contributed by atoms with E-state index in [1.807, 2.05) is 41.8 Å². The Morgan fingerprint density at radius 2 is 1.92 bits per heavy atom. The molecule has 0 spiro atoms. The highest BCUT2D eigenvalue weighted by atomic mass is 32.1. The first-order valence-corrected chi connectivity index (χ1v) is 8.98. The van der Waals surface area contributed by atoms with E-state index >= 15 is 0 Å². The van der Waals surface area contributed by atoms with Crippen molar-refractivity contribution in [2.24, 2.45) is 0 Å². The van der Waals surface area contributed by atoms with Crippen molar-refractivity contribution in [3.8, 4) is 16.3 Å². The molecule has 25 heavy (non-hydrogen) atoms. The number of nitrogens with zero attached hydrogens (tertiary/aromatic N) is 1. The summed E-state index contributed by atoms with van der Waals surface area (Å²) in [6.07, 6.45) is 0.998. The molecular formula is C20H20N2O2S. The fraction of sp³-hybridized carbons (Fsp3) is 0.200. The summed E-state index contributed by atoms with van der Waals surface area (Å²) < 4.78 is 5.25. The molecule has 5 heteroatoms. The molecular weight excluding hydrogens is 332 g/mol. The van der Waals surface area contributed by atoms with Crippen LogP contribution in [0.3, 0.4) is 0 Å². The van der Waals surface area contributed by atoms with Gasteiger partial charge in [-0.3, -0.25) is 4.79 Å². The molecule has 128 valence electrons. The zero-order chi connectivity index (χ0) is 17.6. The SMILES string of the molecule is COc1ccccc1NC(=O)CCc1csc(-c2ccccc2C)n1. The van der Waals surface area contributed by atoms with E-state index in [0.29, 0.717) is 24.3 Å². The Balaban J connectivity index is 1.61. The Hall–Kier alpha value is -2.66. The van der Waals surface area contributed by atoms with Crippen molar-refractivity contribution in [1.29, 1.82) is 0 Å². The van der Waals surface area contributed by atoms with E-state index in [9.17, 15) is 4.79 Å². The minimum Gasteiger partial charge on any atom is -0.495 e. The summed E-state index contributed by atoms with van der Waals surface area (Å²) >= 11 is 1.62. The third kappa shape index (κ3) is 4.25. The largest absolute Gasteiger partial charge is 0.495 e. The third-order valence-corrected chi connectivity index (χ3v) is 4.84. The standard InChI is InChI=1S/C20H20N2O2S/c1-14-7-3-4-8-16(14)20-21-15(13-25-20)11-12-19(23)22-17-9-5-6-10-18(17)24-2/h3-10,13H,11-12H2,1-2H3,(H,22,23). The summed E-state index contributed by atoms with van der Waals surface area (Å²) in [4.78, 5) is 16.9. The lowest BCUT2D eigenvalue weighted by Crippen LogP contribution is -2.13. The minimum atomic E-state index is -0.0464. The summed E-state index contributed by atoms with van der Waals surface area (Å²) in [5.41, 5.74) is 3.99.